The van der Waals surface area contributed by atoms with Crippen LogP contribution in [-0.4, -0.2) is 0 Å². The normalized spacial score (nSPS) is 6.50. The molecule has 0 bridgehead atoms. The Morgan fingerprint density at radius 1 is 2.00 bits per heavy atom. The van der Waals surface area contributed by atoms with E-state index in [0.29, 0.717) is 5.70 Å². The van der Waals surface area contributed by atoms with Gasteiger partial charge in [-0.15, -0.1) is 0 Å². The minimum atomic E-state index is 0.264. The molecule has 0 aliphatic heterocycles. The Morgan fingerprint density at radius 2 is 2.50 bits per heavy atom. The SMILES string of the molecule is C=C(N)CC#N. The first-order valence-corrected chi connectivity index (χ1v) is 1.57. The fourth-order valence-electron chi connectivity index (χ4n) is 0.102. The number of nitrogens with two attached hydrogens (primary N) is 1. The van der Waals surface area contributed by atoms with E-state index in [9.17, 15) is 0 Å². The van der Waals surface area contributed by atoms with Gasteiger partial charge in [0.05, 0.1) is 12.5 Å². The second-order valence-corrected chi connectivity index (χ2v) is 0.993. The van der Waals surface area contributed by atoms with Crippen molar-refractivity contribution in [1.82, 2.24) is 0 Å². The summed E-state index contributed by atoms with van der Waals surface area (Å²) in [6.07, 6.45) is 0.264. The minimum Gasteiger partial charge on any atom is -0.402 e. The summed E-state index contributed by atoms with van der Waals surface area (Å²) in [6.45, 7) is 3.30. The van der Waals surface area contributed by atoms with Crippen LogP contribution < -0.4 is 5.73 Å². The lowest BCUT2D eigenvalue weighted by Crippen LogP contribution is -1.90. The predicted octanol–water partition coefficient (Wildman–Crippen LogP) is 0.372. The van der Waals surface area contributed by atoms with Crippen molar-refractivity contribution in [2.24, 2.45) is 5.73 Å². The Balaban J connectivity index is 3.13. The number of rotatable bonds is 1. The molecular formula is C4H6N2. The van der Waals surface area contributed by atoms with Gasteiger partial charge in [0.25, 0.3) is 0 Å². The molecule has 0 spiro atoms. The van der Waals surface area contributed by atoms with Crippen LogP contribution in [0.5, 0.6) is 0 Å². The lowest BCUT2D eigenvalue weighted by molar-refractivity contribution is 1.18. The highest BCUT2D eigenvalue weighted by molar-refractivity contribution is 4.95. The van der Waals surface area contributed by atoms with Crippen LogP contribution in [0.25, 0.3) is 0 Å². The summed E-state index contributed by atoms with van der Waals surface area (Å²) in [4.78, 5) is 0. The van der Waals surface area contributed by atoms with Gasteiger partial charge in [0.1, 0.15) is 0 Å². The highest BCUT2D eigenvalue weighted by Crippen LogP contribution is 1.79. The second-order valence-electron chi connectivity index (χ2n) is 0.993. The Kier molecular flexibility index (Phi) is 1.91. The maximum absolute atomic E-state index is 7.85. The number of allylic oxidation sites excluding steroid dienone is 1. The van der Waals surface area contributed by atoms with Crippen LogP contribution in [0.3, 0.4) is 0 Å². The third-order valence-electron chi connectivity index (χ3n) is 0.306. The van der Waals surface area contributed by atoms with Crippen molar-refractivity contribution in [3.05, 3.63) is 12.3 Å². The molecule has 0 aromatic heterocycles. The predicted molar refractivity (Wildman–Crippen MR) is 23.6 cm³/mol. The van der Waals surface area contributed by atoms with Crippen molar-refractivity contribution in [2.75, 3.05) is 0 Å². The van der Waals surface area contributed by atoms with E-state index in [2.05, 4.69) is 6.58 Å². The third-order valence-corrected chi connectivity index (χ3v) is 0.306. The first kappa shape index (κ1) is 5.03. The van der Waals surface area contributed by atoms with E-state index in [1.807, 2.05) is 6.07 Å². The van der Waals surface area contributed by atoms with Gasteiger partial charge in [0, 0.05) is 5.70 Å². The number of hydrogen-bond donors (Lipinski definition) is 1. The summed E-state index contributed by atoms with van der Waals surface area (Å²) in [5.41, 5.74) is 5.41. The summed E-state index contributed by atoms with van der Waals surface area (Å²) in [7, 11) is 0. The highest BCUT2D eigenvalue weighted by atomic mass is 14.6. The topological polar surface area (TPSA) is 49.8 Å². The molecule has 0 saturated carbocycles. The van der Waals surface area contributed by atoms with Crippen LogP contribution in [0.2, 0.25) is 0 Å². The summed E-state index contributed by atoms with van der Waals surface area (Å²) in [5.74, 6) is 0. The molecule has 0 heterocycles. The van der Waals surface area contributed by atoms with E-state index in [-0.39, 0.29) is 6.42 Å². The smallest absolute Gasteiger partial charge is 0.0741 e. The molecule has 2 N–H and O–H groups in total. The summed E-state index contributed by atoms with van der Waals surface area (Å²) in [5, 5.41) is 7.85. The maximum atomic E-state index is 7.85. The molecule has 0 amide bonds. The lowest BCUT2D eigenvalue weighted by atomic mass is 10.4. The molecule has 0 fully saturated rings. The maximum Gasteiger partial charge on any atom is 0.0741 e. The fraction of sp³-hybridized carbons (Fsp3) is 0.250. The van der Waals surface area contributed by atoms with E-state index in [1.54, 1.807) is 0 Å². The van der Waals surface area contributed by atoms with E-state index in [0.717, 1.165) is 0 Å². The molecule has 0 aliphatic carbocycles. The Bertz CT molecular complexity index is 88.2. The van der Waals surface area contributed by atoms with Gasteiger partial charge in [-0.1, -0.05) is 6.58 Å². The van der Waals surface area contributed by atoms with Gasteiger partial charge < -0.3 is 5.73 Å². The summed E-state index contributed by atoms with van der Waals surface area (Å²) < 4.78 is 0. The van der Waals surface area contributed by atoms with Crippen molar-refractivity contribution in [3.8, 4) is 6.07 Å². The molecule has 0 radical (unpaired) electrons. The highest BCUT2D eigenvalue weighted by Gasteiger charge is 1.75. The van der Waals surface area contributed by atoms with Crippen LogP contribution in [0.1, 0.15) is 6.42 Å². The van der Waals surface area contributed by atoms with Crippen molar-refractivity contribution in [2.45, 2.75) is 6.42 Å². The monoisotopic (exact) mass is 82.1 g/mol. The molecule has 0 unspecified atom stereocenters. The van der Waals surface area contributed by atoms with Crippen LogP contribution >= 0.6 is 0 Å². The minimum absolute atomic E-state index is 0.264. The molecule has 2 heteroatoms. The summed E-state index contributed by atoms with van der Waals surface area (Å²) >= 11 is 0. The van der Waals surface area contributed by atoms with Crippen LogP contribution in [0.4, 0.5) is 0 Å². The average molecular weight is 82.1 g/mol. The molecule has 0 rings (SSSR count). The first-order valence-electron chi connectivity index (χ1n) is 1.57. The van der Waals surface area contributed by atoms with Crippen molar-refractivity contribution < 1.29 is 0 Å². The number of nitrogens with zero attached hydrogens (tertiary/aromatic N) is 1. The van der Waals surface area contributed by atoms with Gasteiger partial charge in [-0.2, -0.15) is 5.26 Å². The zero-order chi connectivity index (χ0) is 4.99. The van der Waals surface area contributed by atoms with Gasteiger partial charge in [-0.05, 0) is 0 Å². The van der Waals surface area contributed by atoms with Gasteiger partial charge in [-0.3, -0.25) is 0 Å². The number of nitriles is 1. The Hall–Kier alpha value is -0.970. The molecule has 0 atom stereocenters. The van der Waals surface area contributed by atoms with E-state index in [4.69, 9.17) is 11.0 Å². The summed E-state index contributed by atoms with van der Waals surface area (Å²) in [6, 6.07) is 1.84. The molecule has 6 heavy (non-hydrogen) atoms. The van der Waals surface area contributed by atoms with E-state index in [1.165, 1.54) is 0 Å². The molecule has 0 saturated heterocycles. The third kappa shape index (κ3) is 3.03. The fourth-order valence-corrected chi connectivity index (χ4v) is 0.102. The van der Waals surface area contributed by atoms with Crippen molar-refractivity contribution in [3.63, 3.8) is 0 Å². The van der Waals surface area contributed by atoms with Gasteiger partial charge >= 0.3 is 0 Å². The largest absolute Gasteiger partial charge is 0.402 e. The quantitative estimate of drug-likeness (QED) is 0.497. The zero-order valence-corrected chi connectivity index (χ0v) is 3.44. The van der Waals surface area contributed by atoms with Crippen molar-refractivity contribution >= 4 is 0 Å². The number of hydrogen-bond acceptors (Lipinski definition) is 2. The standard InChI is InChI=1S/C4H6N2/c1-4(6)2-3-5/h1-2,6H2. The second kappa shape index (κ2) is 2.28. The first-order chi connectivity index (χ1) is 2.77. The van der Waals surface area contributed by atoms with Gasteiger partial charge in [-0.25, -0.2) is 0 Å². The molecule has 0 aliphatic rings. The van der Waals surface area contributed by atoms with E-state index >= 15 is 0 Å². The van der Waals surface area contributed by atoms with Crippen molar-refractivity contribution in [1.29, 1.82) is 5.26 Å². The Labute approximate surface area is 36.9 Å². The van der Waals surface area contributed by atoms with Crippen LogP contribution in [0, 0.1) is 11.3 Å². The molecule has 2 nitrogen and oxygen atoms in total. The molecular weight excluding hydrogens is 76.1 g/mol. The van der Waals surface area contributed by atoms with Gasteiger partial charge in [0.15, 0.2) is 0 Å². The Morgan fingerprint density at radius 3 is 2.50 bits per heavy atom. The van der Waals surface area contributed by atoms with E-state index < -0.39 is 0 Å². The van der Waals surface area contributed by atoms with Crippen LogP contribution in [-0.2, 0) is 0 Å². The molecule has 0 aromatic carbocycles. The zero-order valence-electron chi connectivity index (χ0n) is 3.44. The van der Waals surface area contributed by atoms with Gasteiger partial charge in [0.2, 0.25) is 0 Å². The van der Waals surface area contributed by atoms with Crippen LogP contribution in [0.15, 0.2) is 12.3 Å². The lowest BCUT2D eigenvalue weighted by Gasteiger charge is -1.79. The molecule has 0 aromatic rings. The average Bonchev–Trinajstić information content (AvgIpc) is 1.35. The molecule has 32 valence electrons.